The van der Waals surface area contributed by atoms with Gasteiger partial charge in [-0.3, -0.25) is 9.59 Å². The van der Waals surface area contributed by atoms with E-state index in [9.17, 15) is 23.2 Å². The molecule has 1 aliphatic carbocycles. The third kappa shape index (κ3) is 7.17. The van der Waals surface area contributed by atoms with E-state index in [-0.39, 0.29) is 48.2 Å². The molecule has 12 nitrogen and oxygen atoms in total. The van der Waals surface area contributed by atoms with E-state index >= 15 is 0 Å². The van der Waals surface area contributed by atoms with Crippen molar-refractivity contribution < 1.29 is 41.8 Å². The number of primary amides is 1. The van der Waals surface area contributed by atoms with Gasteiger partial charge in [0.1, 0.15) is 0 Å². The standard InChI is InChI=1S/C26H33F2N5O7/c1-13(29)22-21(24(35)33-11-16(31-26(36)37-2)10-17(33)6-8-20(30)34)32-23(40-22)15-5-7-18(39-25(27)28)19(9-15)38-12-14-3-4-14/h5,7,9,13-14,16-17,25H,3-4,6,8,10-12,29H2,1-2H3,(H2,30,34)(H,31,36)/t13-,16+,17+/m0/s1. The van der Waals surface area contributed by atoms with Crippen LogP contribution in [0.5, 0.6) is 11.5 Å². The molecule has 218 valence electrons. The van der Waals surface area contributed by atoms with Crippen molar-refractivity contribution in [2.75, 3.05) is 20.3 Å². The van der Waals surface area contributed by atoms with Crippen LogP contribution in [-0.2, 0) is 9.53 Å². The summed E-state index contributed by atoms with van der Waals surface area (Å²) in [6, 6.07) is 2.69. The van der Waals surface area contributed by atoms with E-state index in [2.05, 4.69) is 19.8 Å². The van der Waals surface area contributed by atoms with Crippen molar-refractivity contribution >= 4 is 17.9 Å². The number of halogens is 2. The molecule has 2 heterocycles. The molecule has 0 spiro atoms. The molecule has 1 aromatic carbocycles. The van der Waals surface area contributed by atoms with Crippen LogP contribution in [0.15, 0.2) is 22.6 Å². The van der Waals surface area contributed by atoms with Crippen molar-refractivity contribution in [3.8, 4) is 23.0 Å². The van der Waals surface area contributed by atoms with Crippen molar-refractivity contribution in [1.82, 2.24) is 15.2 Å². The Morgan fingerprint density at radius 1 is 1.25 bits per heavy atom. The molecule has 2 aromatic rings. The molecule has 0 bridgehead atoms. The molecular formula is C26H33F2N5O7. The number of hydrogen-bond donors (Lipinski definition) is 3. The number of benzene rings is 1. The Kier molecular flexibility index (Phi) is 9.07. The van der Waals surface area contributed by atoms with Crippen molar-refractivity contribution in [3.05, 3.63) is 29.7 Å². The van der Waals surface area contributed by atoms with Crippen LogP contribution >= 0.6 is 0 Å². The molecule has 1 aromatic heterocycles. The maximum atomic E-state index is 13.8. The molecule has 0 radical (unpaired) electrons. The number of hydrogen-bond acceptors (Lipinski definition) is 9. The number of amides is 3. The molecule has 2 aliphatic rings. The predicted molar refractivity (Wildman–Crippen MR) is 137 cm³/mol. The number of nitrogens with zero attached hydrogens (tertiary/aromatic N) is 2. The van der Waals surface area contributed by atoms with Gasteiger partial charge in [0.25, 0.3) is 5.91 Å². The largest absolute Gasteiger partial charge is 0.489 e. The fourth-order valence-corrected chi connectivity index (χ4v) is 4.57. The lowest BCUT2D eigenvalue weighted by atomic mass is 10.1. The smallest absolute Gasteiger partial charge is 0.407 e. The van der Waals surface area contributed by atoms with E-state index in [1.807, 2.05) is 0 Å². The zero-order valence-corrected chi connectivity index (χ0v) is 22.2. The van der Waals surface area contributed by atoms with Gasteiger partial charge >= 0.3 is 12.7 Å². The summed E-state index contributed by atoms with van der Waals surface area (Å²) in [7, 11) is 1.23. The van der Waals surface area contributed by atoms with Crippen molar-refractivity contribution in [2.24, 2.45) is 17.4 Å². The normalized spacial score (nSPS) is 19.4. The van der Waals surface area contributed by atoms with Crippen LogP contribution in [0.2, 0.25) is 0 Å². The maximum Gasteiger partial charge on any atom is 0.407 e. The SMILES string of the molecule is COC(=O)N[C@@H]1C[C@@H](CCC(N)=O)N(C(=O)c2nc(-c3ccc(OC(F)F)c(OCC4CC4)c3)oc2[C@H](C)N)C1. The van der Waals surface area contributed by atoms with Gasteiger partial charge in [0.15, 0.2) is 23.0 Å². The van der Waals surface area contributed by atoms with Crippen LogP contribution < -0.4 is 26.3 Å². The fraction of sp³-hybridized carbons (Fsp3) is 0.538. The van der Waals surface area contributed by atoms with Crippen LogP contribution in [0.25, 0.3) is 11.5 Å². The highest BCUT2D eigenvalue weighted by atomic mass is 19.3. The van der Waals surface area contributed by atoms with Gasteiger partial charge in [0.2, 0.25) is 11.8 Å². The number of oxazole rings is 1. The summed E-state index contributed by atoms with van der Waals surface area (Å²) in [4.78, 5) is 42.9. The number of alkyl halides is 2. The minimum Gasteiger partial charge on any atom is -0.489 e. The van der Waals surface area contributed by atoms with Gasteiger partial charge in [-0.15, -0.1) is 0 Å². The Hall–Kier alpha value is -3.94. The minimum atomic E-state index is -3.04. The van der Waals surface area contributed by atoms with E-state index < -0.39 is 42.6 Å². The van der Waals surface area contributed by atoms with Gasteiger partial charge in [-0.2, -0.15) is 8.78 Å². The van der Waals surface area contributed by atoms with Crippen molar-refractivity contribution in [2.45, 2.75) is 63.8 Å². The molecule has 3 amide bonds. The number of aromatic nitrogens is 1. The lowest BCUT2D eigenvalue weighted by Crippen LogP contribution is -2.40. The maximum absolute atomic E-state index is 13.8. The molecule has 14 heteroatoms. The molecule has 5 N–H and O–H groups in total. The summed E-state index contributed by atoms with van der Waals surface area (Å²) < 4.78 is 46.8. The fourth-order valence-electron chi connectivity index (χ4n) is 4.57. The third-order valence-electron chi connectivity index (χ3n) is 6.75. The Labute approximate surface area is 229 Å². The van der Waals surface area contributed by atoms with Gasteiger partial charge in [-0.1, -0.05) is 0 Å². The minimum absolute atomic E-state index is 0.0348. The Balaban J connectivity index is 1.63. The van der Waals surface area contributed by atoms with Crippen molar-refractivity contribution in [1.29, 1.82) is 0 Å². The first-order valence-corrected chi connectivity index (χ1v) is 13.0. The summed E-state index contributed by atoms with van der Waals surface area (Å²) in [6.07, 6.45) is 2.06. The molecule has 1 saturated heterocycles. The first-order valence-electron chi connectivity index (χ1n) is 13.0. The number of nitrogens with two attached hydrogens (primary N) is 2. The summed E-state index contributed by atoms with van der Waals surface area (Å²) in [5, 5.41) is 2.68. The topological polar surface area (TPSA) is 172 Å². The van der Waals surface area contributed by atoms with E-state index in [0.717, 1.165) is 12.8 Å². The summed E-state index contributed by atoms with van der Waals surface area (Å²) in [5.74, 6) is -0.545. The average molecular weight is 566 g/mol. The Morgan fingerprint density at radius 2 is 2.00 bits per heavy atom. The van der Waals surface area contributed by atoms with Crippen LogP contribution in [-0.4, -0.2) is 66.7 Å². The number of ether oxygens (including phenoxy) is 3. The predicted octanol–water partition coefficient (Wildman–Crippen LogP) is 2.96. The van der Waals surface area contributed by atoms with Crippen LogP contribution in [0.3, 0.4) is 0 Å². The van der Waals surface area contributed by atoms with Crippen molar-refractivity contribution in [3.63, 3.8) is 0 Å². The van der Waals surface area contributed by atoms with Gasteiger partial charge in [-0.05, 0) is 56.7 Å². The molecule has 40 heavy (non-hydrogen) atoms. The van der Waals surface area contributed by atoms with E-state index in [1.54, 1.807) is 6.92 Å². The highest BCUT2D eigenvalue weighted by Gasteiger charge is 2.39. The van der Waals surface area contributed by atoms with Gasteiger partial charge in [0, 0.05) is 24.6 Å². The number of carbonyl (C=O) groups excluding carboxylic acids is 3. The molecule has 2 fully saturated rings. The number of methoxy groups -OCH3 is 1. The second-order valence-electron chi connectivity index (χ2n) is 10.00. The second-order valence-corrected chi connectivity index (χ2v) is 10.00. The first kappa shape index (κ1) is 29.1. The molecule has 4 rings (SSSR count). The number of rotatable bonds is 12. The average Bonchev–Trinajstić information content (AvgIpc) is 3.47. The summed E-state index contributed by atoms with van der Waals surface area (Å²) in [5.41, 5.74) is 11.8. The number of carbonyl (C=O) groups is 3. The van der Waals surface area contributed by atoms with Gasteiger partial charge < -0.3 is 40.3 Å². The third-order valence-corrected chi connectivity index (χ3v) is 6.75. The van der Waals surface area contributed by atoms with Crippen LogP contribution in [0.4, 0.5) is 13.6 Å². The van der Waals surface area contributed by atoms with Gasteiger partial charge in [0.05, 0.1) is 25.8 Å². The van der Waals surface area contributed by atoms with Crippen LogP contribution in [0, 0.1) is 5.92 Å². The van der Waals surface area contributed by atoms with E-state index in [1.165, 1.54) is 30.2 Å². The first-order chi connectivity index (χ1) is 19.0. The number of alkyl carbamates (subject to hydrolysis) is 1. The van der Waals surface area contributed by atoms with E-state index in [4.69, 9.17) is 20.6 Å². The van der Waals surface area contributed by atoms with Crippen LogP contribution in [0.1, 0.15) is 61.3 Å². The monoisotopic (exact) mass is 565 g/mol. The lowest BCUT2D eigenvalue weighted by molar-refractivity contribution is -0.118. The molecule has 1 aliphatic heterocycles. The summed E-state index contributed by atoms with van der Waals surface area (Å²) in [6.45, 7) is -0.922. The molecular weight excluding hydrogens is 532 g/mol. The lowest BCUT2D eigenvalue weighted by Gasteiger charge is -2.23. The molecule has 3 atom stereocenters. The zero-order chi connectivity index (χ0) is 29.0. The highest BCUT2D eigenvalue weighted by molar-refractivity contribution is 5.94. The second kappa shape index (κ2) is 12.5. The Bertz CT molecular complexity index is 1230. The Morgan fingerprint density at radius 3 is 2.62 bits per heavy atom. The number of nitrogens with one attached hydrogen (secondary N) is 1. The highest BCUT2D eigenvalue weighted by Crippen LogP contribution is 2.37. The van der Waals surface area contributed by atoms with E-state index in [0.29, 0.717) is 24.5 Å². The summed E-state index contributed by atoms with van der Waals surface area (Å²) >= 11 is 0. The van der Waals surface area contributed by atoms with Gasteiger partial charge in [-0.25, -0.2) is 9.78 Å². The number of likely N-dealkylation sites (tertiary alicyclic amines) is 1. The zero-order valence-electron chi connectivity index (χ0n) is 22.2. The molecule has 0 unspecified atom stereocenters. The quantitative estimate of drug-likeness (QED) is 0.350. The molecule has 1 saturated carbocycles.